The molecule has 104 valence electrons. The van der Waals surface area contributed by atoms with Crippen LogP contribution in [-0.4, -0.2) is 23.5 Å². The smallest absolute Gasteiger partial charge is 0.312 e. The lowest BCUT2D eigenvalue weighted by atomic mass is 9.99. The van der Waals surface area contributed by atoms with Crippen molar-refractivity contribution in [3.63, 3.8) is 0 Å². The Morgan fingerprint density at radius 1 is 1.20 bits per heavy atom. The average molecular weight is 289 g/mol. The van der Waals surface area contributed by atoms with Crippen LogP contribution < -0.4 is 5.32 Å². The topological polar surface area (TPSA) is 66.4 Å². The molecule has 0 saturated heterocycles. The van der Waals surface area contributed by atoms with Gasteiger partial charge >= 0.3 is 5.97 Å². The molecule has 5 heteroatoms. The second-order valence-electron chi connectivity index (χ2n) is 4.41. The molecule has 1 aromatic heterocycles. The first kappa shape index (κ1) is 14.3. The third kappa shape index (κ3) is 3.93. The summed E-state index contributed by atoms with van der Waals surface area (Å²) in [6, 6.07) is 10.8. The maximum Gasteiger partial charge on any atom is 0.312 e. The molecule has 0 aliphatic carbocycles. The number of benzene rings is 1. The third-order valence-electron chi connectivity index (χ3n) is 2.95. The molecule has 0 bridgehead atoms. The summed E-state index contributed by atoms with van der Waals surface area (Å²) < 4.78 is 0. The third-order valence-corrected chi connectivity index (χ3v) is 3.68. The molecule has 1 heterocycles. The van der Waals surface area contributed by atoms with Crippen LogP contribution in [0.2, 0.25) is 0 Å². The Morgan fingerprint density at radius 2 is 1.95 bits per heavy atom. The monoisotopic (exact) mass is 289 g/mol. The number of carboxylic acids is 1. The van der Waals surface area contributed by atoms with E-state index < -0.39 is 11.9 Å². The van der Waals surface area contributed by atoms with E-state index in [1.54, 1.807) is 24.3 Å². The number of amides is 1. The van der Waals surface area contributed by atoms with Crippen LogP contribution in [0.5, 0.6) is 0 Å². The van der Waals surface area contributed by atoms with Crippen molar-refractivity contribution in [1.29, 1.82) is 0 Å². The molecule has 0 fully saturated rings. The van der Waals surface area contributed by atoms with E-state index in [-0.39, 0.29) is 18.9 Å². The summed E-state index contributed by atoms with van der Waals surface area (Å²) in [4.78, 5) is 23.0. The van der Waals surface area contributed by atoms with E-state index in [4.69, 9.17) is 0 Å². The summed E-state index contributed by atoms with van der Waals surface area (Å²) in [5, 5.41) is 15.7. The first-order valence-electron chi connectivity index (χ1n) is 6.22. The molecule has 1 unspecified atom stereocenters. The Labute approximate surface area is 121 Å². The highest BCUT2D eigenvalue weighted by atomic mass is 32.1. The lowest BCUT2D eigenvalue weighted by Gasteiger charge is -2.13. The first-order valence-corrected chi connectivity index (χ1v) is 7.16. The van der Waals surface area contributed by atoms with Gasteiger partial charge in [-0.3, -0.25) is 9.59 Å². The Bertz CT molecular complexity index is 566. The summed E-state index contributed by atoms with van der Waals surface area (Å²) in [7, 11) is 0. The molecule has 1 aromatic carbocycles. The minimum absolute atomic E-state index is 0.0995. The van der Waals surface area contributed by atoms with Gasteiger partial charge in [-0.15, -0.1) is 0 Å². The molecule has 0 radical (unpaired) electrons. The summed E-state index contributed by atoms with van der Waals surface area (Å²) in [6.07, 6.45) is 0.282. The minimum Gasteiger partial charge on any atom is -0.481 e. The van der Waals surface area contributed by atoms with E-state index in [1.807, 2.05) is 22.9 Å². The van der Waals surface area contributed by atoms with Crippen molar-refractivity contribution in [3.8, 4) is 0 Å². The average Bonchev–Trinajstić information content (AvgIpc) is 2.92. The predicted octanol–water partition coefficient (Wildman–Crippen LogP) is 2.28. The SMILES string of the molecule is O=C(Cc1ccsc1)NCC(C(=O)O)c1ccccc1. The second kappa shape index (κ2) is 6.86. The summed E-state index contributed by atoms with van der Waals surface area (Å²) in [6.45, 7) is 0.0995. The Balaban J connectivity index is 1.93. The fourth-order valence-electron chi connectivity index (χ4n) is 1.89. The van der Waals surface area contributed by atoms with Gasteiger partial charge in [0.15, 0.2) is 0 Å². The number of thiophene rings is 1. The van der Waals surface area contributed by atoms with E-state index in [9.17, 15) is 14.7 Å². The van der Waals surface area contributed by atoms with Crippen molar-refractivity contribution in [1.82, 2.24) is 5.32 Å². The van der Waals surface area contributed by atoms with Gasteiger partial charge in [0.25, 0.3) is 0 Å². The van der Waals surface area contributed by atoms with Crippen LogP contribution in [-0.2, 0) is 16.0 Å². The molecule has 20 heavy (non-hydrogen) atoms. The lowest BCUT2D eigenvalue weighted by molar-refractivity contribution is -0.138. The quantitative estimate of drug-likeness (QED) is 0.857. The molecule has 0 aliphatic heterocycles. The Morgan fingerprint density at radius 3 is 2.55 bits per heavy atom. The number of carbonyl (C=O) groups is 2. The van der Waals surface area contributed by atoms with E-state index in [0.29, 0.717) is 5.56 Å². The molecule has 0 aliphatic rings. The zero-order chi connectivity index (χ0) is 14.4. The van der Waals surface area contributed by atoms with Crippen molar-refractivity contribution in [2.45, 2.75) is 12.3 Å². The molecule has 2 aromatic rings. The van der Waals surface area contributed by atoms with Gasteiger partial charge in [-0.1, -0.05) is 30.3 Å². The molecule has 1 atom stereocenters. The van der Waals surface area contributed by atoms with Crippen LogP contribution in [0.25, 0.3) is 0 Å². The normalized spacial score (nSPS) is 11.8. The molecule has 2 N–H and O–H groups in total. The van der Waals surface area contributed by atoms with E-state index >= 15 is 0 Å². The highest BCUT2D eigenvalue weighted by Crippen LogP contribution is 2.15. The van der Waals surface area contributed by atoms with Crippen LogP contribution in [0.3, 0.4) is 0 Å². The van der Waals surface area contributed by atoms with E-state index in [0.717, 1.165) is 5.56 Å². The van der Waals surface area contributed by atoms with Gasteiger partial charge in [-0.05, 0) is 28.0 Å². The maximum absolute atomic E-state index is 11.8. The Kier molecular flexibility index (Phi) is 4.90. The summed E-state index contributed by atoms with van der Waals surface area (Å²) >= 11 is 1.53. The highest BCUT2D eigenvalue weighted by Gasteiger charge is 2.20. The van der Waals surface area contributed by atoms with Crippen molar-refractivity contribution in [3.05, 3.63) is 58.3 Å². The fourth-order valence-corrected chi connectivity index (χ4v) is 2.56. The predicted molar refractivity (Wildman–Crippen MR) is 77.9 cm³/mol. The number of carbonyl (C=O) groups excluding carboxylic acids is 1. The molecule has 0 spiro atoms. The standard InChI is InChI=1S/C15H15NO3S/c17-14(8-11-6-7-20-10-11)16-9-13(15(18)19)12-4-2-1-3-5-12/h1-7,10,13H,8-9H2,(H,16,17)(H,18,19). The number of hydrogen-bond acceptors (Lipinski definition) is 3. The van der Waals surface area contributed by atoms with Crippen LogP contribution >= 0.6 is 11.3 Å². The molecule has 2 rings (SSSR count). The second-order valence-corrected chi connectivity index (χ2v) is 5.19. The van der Waals surface area contributed by atoms with Gasteiger partial charge in [0.1, 0.15) is 0 Å². The highest BCUT2D eigenvalue weighted by molar-refractivity contribution is 7.07. The summed E-state index contributed by atoms with van der Waals surface area (Å²) in [5.41, 5.74) is 1.63. The van der Waals surface area contributed by atoms with Gasteiger partial charge in [0, 0.05) is 6.54 Å². The zero-order valence-electron chi connectivity index (χ0n) is 10.8. The molecule has 1 amide bonds. The number of aliphatic carboxylic acids is 1. The minimum atomic E-state index is -0.938. The van der Waals surface area contributed by atoms with Crippen LogP contribution in [0.4, 0.5) is 0 Å². The first-order chi connectivity index (χ1) is 9.66. The van der Waals surface area contributed by atoms with Crippen LogP contribution in [0, 0.1) is 0 Å². The number of nitrogens with one attached hydrogen (secondary N) is 1. The summed E-state index contributed by atoms with van der Waals surface area (Å²) in [5.74, 6) is -1.82. The van der Waals surface area contributed by atoms with Gasteiger partial charge in [-0.2, -0.15) is 11.3 Å². The fraction of sp³-hybridized carbons (Fsp3) is 0.200. The number of carboxylic acid groups (broad SMARTS) is 1. The largest absolute Gasteiger partial charge is 0.481 e. The van der Waals surface area contributed by atoms with E-state index in [1.165, 1.54) is 11.3 Å². The van der Waals surface area contributed by atoms with Gasteiger partial charge < -0.3 is 10.4 Å². The van der Waals surface area contributed by atoms with Crippen molar-refractivity contribution >= 4 is 23.2 Å². The van der Waals surface area contributed by atoms with Crippen molar-refractivity contribution in [2.24, 2.45) is 0 Å². The number of hydrogen-bond donors (Lipinski definition) is 2. The van der Waals surface area contributed by atoms with Gasteiger partial charge in [0.05, 0.1) is 12.3 Å². The number of rotatable bonds is 6. The van der Waals surface area contributed by atoms with Crippen molar-refractivity contribution < 1.29 is 14.7 Å². The van der Waals surface area contributed by atoms with Crippen LogP contribution in [0.1, 0.15) is 17.0 Å². The lowest BCUT2D eigenvalue weighted by Crippen LogP contribution is -2.32. The molecular formula is C15H15NO3S. The Hall–Kier alpha value is -2.14. The molecule has 4 nitrogen and oxygen atoms in total. The van der Waals surface area contributed by atoms with E-state index in [2.05, 4.69) is 5.32 Å². The van der Waals surface area contributed by atoms with Crippen molar-refractivity contribution in [2.75, 3.05) is 6.54 Å². The van der Waals surface area contributed by atoms with Gasteiger partial charge in [0.2, 0.25) is 5.91 Å². The molecule has 0 saturated carbocycles. The zero-order valence-corrected chi connectivity index (χ0v) is 11.6. The van der Waals surface area contributed by atoms with Gasteiger partial charge in [-0.25, -0.2) is 0 Å². The maximum atomic E-state index is 11.8. The molecular weight excluding hydrogens is 274 g/mol. The van der Waals surface area contributed by atoms with Crippen LogP contribution in [0.15, 0.2) is 47.2 Å².